The lowest BCUT2D eigenvalue weighted by molar-refractivity contribution is -0.141. The lowest BCUT2D eigenvalue weighted by Gasteiger charge is -2.33. The molecule has 1 N–H and O–H groups in total. The third kappa shape index (κ3) is 7.54. The molecular weight excluding hydrogens is 550 g/mol. The first-order valence-corrected chi connectivity index (χ1v) is 15.2. The molecule has 0 aliphatic heterocycles. The molecule has 0 saturated carbocycles. The van der Waals surface area contributed by atoms with E-state index in [1.807, 2.05) is 80.6 Å². The van der Waals surface area contributed by atoms with E-state index in [1.165, 1.54) is 11.9 Å². The van der Waals surface area contributed by atoms with Crippen LogP contribution in [0.3, 0.4) is 0 Å². The maximum Gasteiger partial charge on any atom is 0.243 e. The minimum atomic E-state index is -4.00. The van der Waals surface area contributed by atoms with Crippen molar-refractivity contribution in [2.45, 2.75) is 43.8 Å². The maximum atomic E-state index is 14.0. The maximum absolute atomic E-state index is 14.0. The summed E-state index contributed by atoms with van der Waals surface area (Å²) in [5.41, 5.74) is 1.63. The van der Waals surface area contributed by atoms with Crippen molar-refractivity contribution in [2.24, 2.45) is 0 Å². The van der Waals surface area contributed by atoms with Gasteiger partial charge in [-0.05, 0) is 60.0 Å². The summed E-state index contributed by atoms with van der Waals surface area (Å²) in [5.74, 6) is -0.197. The molecule has 9 heteroatoms. The third-order valence-electron chi connectivity index (χ3n) is 6.98. The van der Waals surface area contributed by atoms with Crippen molar-refractivity contribution in [2.75, 3.05) is 20.7 Å². The number of rotatable bonds is 12. The Hall–Kier alpha value is -4.21. The van der Waals surface area contributed by atoms with Gasteiger partial charge in [-0.15, -0.1) is 0 Å². The molecule has 0 bridgehead atoms. The van der Waals surface area contributed by atoms with Gasteiger partial charge in [0.1, 0.15) is 11.8 Å². The third-order valence-corrected chi connectivity index (χ3v) is 8.78. The van der Waals surface area contributed by atoms with Crippen LogP contribution in [0.15, 0.2) is 102 Å². The molecule has 220 valence electrons. The minimum Gasteiger partial charge on any atom is -0.497 e. The summed E-state index contributed by atoms with van der Waals surface area (Å²) in [5, 5.41) is 4.64. The predicted octanol–water partition coefficient (Wildman–Crippen LogP) is 4.63. The number of hydrogen-bond donors (Lipinski definition) is 1. The molecule has 0 heterocycles. The molecule has 0 saturated heterocycles. The van der Waals surface area contributed by atoms with Crippen molar-refractivity contribution in [3.63, 3.8) is 0 Å². The van der Waals surface area contributed by atoms with E-state index in [2.05, 4.69) is 5.32 Å². The van der Waals surface area contributed by atoms with Gasteiger partial charge >= 0.3 is 0 Å². The average molecular weight is 588 g/mol. The monoisotopic (exact) mass is 587 g/mol. The van der Waals surface area contributed by atoms with Gasteiger partial charge < -0.3 is 15.0 Å². The summed E-state index contributed by atoms with van der Waals surface area (Å²) in [6.07, 6.45) is 0.260. The summed E-state index contributed by atoms with van der Waals surface area (Å²) >= 11 is 0. The van der Waals surface area contributed by atoms with Crippen LogP contribution in [0.25, 0.3) is 10.8 Å². The van der Waals surface area contributed by atoms with E-state index in [-0.39, 0.29) is 29.8 Å². The van der Waals surface area contributed by atoms with Crippen LogP contribution >= 0.6 is 0 Å². The molecule has 0 fully saturated rings. The summed E-state index contributed by atoms with van der Waals surface area (Å²) in [7, 11) is -1.06. The van der Waals surface area contributed by atoms with Crippen LogP contribution in [0, 0.1) is 0 Å². The Labute approximate surface area is 248 Å². The van der Waals surface area contributed by atoms with E-state index in [0.717, 1.165) is 26.2 Å². The van der Waals surface area contributed by atoms with Crippen molar-refractivity contribution in [3.05, 3.63) is 108 Å². The van der Waals surface area contributed by atoms with E-state index in [1.54, 1.807) is 37.4 Å². The highest BCUT2D eigenvalue weighted by Gasteiger charge is 2.33. The van der Waals surface area contributed by atoms with Crippen molar-refractivity contribution in [3.8, 4) is 5.75 Å². The fourth-order valence-corrected chi connectivity index (χ4v) is 5.93. The van der Waals surface area contributed by atoms with Crippen molar-refractivity contribution in [1.82, 2.24) is 14.5 Å². The Morgan fingerprint density at radius 3 is 2.19 bits per heavy atom. The average Bonchev–Trinajstić information content (AvgIpc) is 2.98. The van der Waals surface area contributed by atoms with Crippen molar-refractivity contribution >= 4 is 32.6 Å². The Balaban J connectivity index is 1.68. The highest BCUT2D eigenvalue weighted by atomic mass is 32.2. The molecule has 0 aliphatic carbocycles. The molecule has 2 amide bonds. The second-order valence-electron chi connectivity index (χ2n) is 10.5. The molecule has 4 aromatic rings. The molecule has 0 spiro atoms. The molecule has 4 rings (SSSR count). The molecule has 42 heavy (non-hydrogen) atoms. The zero-order valence-corrected chi connectivity index (χ0v) is 25.2. The number of nitrogens with zero attached hydrogens (tertiary/aromatic N) is 2. The normalized spacial score (nSPS) is 12.3. The lowest BCUT2D eigenvalue weighted by atomic mass is 10.0. The lowest BCUT2D eigenvalue weighted by Crippen LogP contribution is -2.53. The number of nitrogens with one attached hydrogen (secondary N) is 1. The van der Waals surface area contributed by atoms with Crippen LogP contribution in [0.1, 0.15) is 25.0 Å². The van der Waals surface area contributed by atoms with Crippen LogP contribution in [0.4, 0.5) is 0 Å². The number of carbonyl (C=O) groups excluding carboxylic acids is 2. The standard InChI is InChI=1S/C33H37N3O5S/c1-24(2)34-33(38)31(20-25-11-6-5-7-12-25)36(22-26-13-10-16-29(19-26)41-4)32(37)23-35(3)42(39,40)30-18-17-27-14-8-9-15-28(27)21-30/h5-19,21,24,31H,20,22-23H2,1-4H3,(H,34,38)/t31-/m0/s1. The first-order chi connectivity index (χ1) is 20.1. The van der Waals surface area contributed by atoms with Crippen molar-refractivity contribution < 1.29 is 22.7 Å². The molecule has 0 aliphatic rings. The number of likely N-dealkylation sites (N-methyl/N-ethyl adjacent to an activating group) is 1. The Morgan fingerprint density at radius 2 is 1.50 bits per heavy atom. The van der Waals surface area contributed by atoms with Crippen LogP contribution < -0.4 is 10.1 Å². The van der Waals surface area contributed by atoms with Crippen LogP contribution in [0.5, 0.6) is 5.75 Å². The first-order valence-electron chi connectivity index (χ1n) is 13.8. The molecular formula is C33H37N3O5S. The zero-order chi connectivity index (χ0) is 30.3. The highest BCUT2D eigenvalue weighted by molar-refractivity contribution is 7.89. The van der Waals surface area contributed by atoms with Gasteiger partial charge in [0.05, 0.1) is 18.6 Å². The van der Waals surface area contributed by atoms with Gasteiger partial charge in [-0.25, -0.2) is 8.42 Å². The fraction of sp³-hybridized carbons (Fsp3) is 0.273. The Kier molecular flexibility index (Phi) is 9.98. The number of sulfonamides is 1. The van der Waals surface area contributed by atoms with Gasteiger partial charge in [0.25, 0.3) is 0 Å². The number of hydrogen-bond acceptors (Lipinski definition) is 5. The summed E-state index contributed by atoms with van der Waals surface area (Å²) in [4.78, 5) is 29.2. The van der Waals surface area contributed by atoms with Gasteiger partial charge in [-0.1, -0.05) is 72.8 Å². The van der Waals surface area contributed by atoms with E-state index < -0.39 is 28.5 Å². The Morgan fingerprint density at radius 1 is 0.833 bits per heavy atom. The van der Waals surface area contributed by atoms with Gasteiger partial charge in [0.15, 0.2) is 0 Å². The molecule has 0 radical (unpaired) electrons. The van der Waals surface area contributed by atoms with Crippen LogP contribution in [0.2, 0.25) is 0 Å². The smallest absolute Gasteiger partial charge is 0.243 e. The van der Waals surface area contributed by atoms with E-state index in [4.69, 9.17) is 4.74 Å². The van der Waals surface area contributed by atoms with Gasteiger partial charge in [0, 0.05) is 26.1 Å². The zero-order valence-electron chi connectivity index (χ0n) is 24.4. The molecule has 1 atom stereocenters. The minimum absolute atomic E-state index is 0.0862. The molecule has 0 aromatic heterocycles. The number of amides is 2. The highest BCUT2D eigenvalue weighted by Crippen LogP contribution is 2.23. The number of fused-ring (bicyclic) bond motifs is 1. The summed E-state index contributed by atoms with van der Waals surface area (Å²) in [6, 6.07) is 28.1. The van der Waals surface area contributed by atoms with E-state index in [9.17, 15) is 18.0 Å². The van der Waals surface area contributed by atoms with Crippen LogP contribution in [-0.2, 0) is 32.6 Å². The number of methoxy groups -OCH3 is 1. The predicted molar refractivity (Wildman–Crippen MR) is 165 cm³/mol. The summed E-state index contributed by atoms with van der Waals surface area (Å²) < 4.78 is 33.6. The van der Waals surface area contributed by atoms with E-state index in [0.29, 0.717) is 5.75 Å². The van der Waals surface area contributed by atoms with Gasteiger partial charge in [-0.2, -0.15) is 4.31 Å². The topological polar surface area (TPSA) is 96.0 Å². The first kappa shape index (κ1) is 30.7. The van der Waals surface area contributed by atoms with Crippen LogP contribution in [-0.4, -0.2) is 62.2 Å². The molecule has 4 aromatic carbocycles. The number of carbonyl (C=O) groups is 2. The van der Waals surface area contributed by atoms with Gasteiger partial charge in [0.2, 0.25) is 21.8 Å². The number of benzene rings is 4. The second kappa shape index (κ2) is 13.6. The fourth-order valence-electron chi connectivity index (χ4n) is 4.78. The van der Waals surface area contributed by atoms with E-state index >= 15 is 0 Å². The van der Waals surface area contributed by atoms with Gasteiger partial charge in [-0.3, -0.25) is 9.59 Å². The largest absolute Gasteiger partial charge is 0.497 e. The summed E-state index contributed by atoms with van der Waals surface area (Å²) in [6.45, 7) is 3.35. The molecule has 0 unspecified atom stereocenters. The SMILES string of the molecule is COc1cccc(CN(C(=O)CN(C)S(=O)(=O)c2ccc3ccccc3c2)[C@@H](Cc2ccccc2)C(=O)NC(C)C)c1. The second-order valence-corrected chi connectivity index (χ2v) is 12.6. The molecule has 8 nitrogen and oxygen atoms in total. The van der Waals surface area contributed by atoms with Crippen molar-refractivity contribution in [1.29, 1.82) is 0 Å². The Bertz CT molecular complexity index is 1640. The quantitative estimate of drug-likeness (QED) is 0.261. The number of ether oxygens (including phenoxy) is 1.